The van der Waals surface area contributed by atoms with Crippen LogP contribution in [0.5, 0.6) is 0 Å². The Hall–Kier alpha value is -3.20. The quantitative estimate of drug-likeness (QED) is 0.513. The highest BCUT2D eigenvalue weighted by Crippen LogP contribution is 2.33. The van der Waals surface area contributed by atoms with E-state index in [2.05, 4.69) is 20.0 Å². The van der Waals surface area contributed by atoms with Crippen LogP contribution >= 0.6 is 11.6 Å². The van der Waals surface area contributed by atoms with Crippen molar-refractivity contribution in [2.24, 2.45) is 0 Å². The molecule has 0 radical (unpaired) electrons. The van der Waals surface area contributed by atoms with Crippen LogP contribution in [-0.2, 0) is 11.3 Å². The van der Waals surface area contributed by atoms with Crippen LogP contribution in [-0.4, -0.2) is 77.2 Å². The minimum Gasteiger partial charge on any atom is -0.376 e. The summed E-state index contributed by atoms with van der Waals surface area (Å²) in [5.74, 6) is -0.407. The van der Waals surface area contributed by atoms with E-state index < -0.39 is 0 Å². The van der Waals surface area contributed by atoms with Gasteiger partial charge in [0.15, 0.2) is 0 Å². The number of benzene rings is 2. The van der Waals surface area contributed by atoms with E-state index in [4.69, 9.17) is 16.3 Å². The van der Waals surface area contributed by atoms with Gasteiger partial charge in [-0.1, -0.05) is 29.8 Å². The Morgan fingerprint density at radius 1 is 1.03 bits per heavy atom. The van der Waals surface area contributed by atoms with Gasteiger partial charge in [0.1, 0.15) is 0 Å². The van der Waals surface area contributed by atoms with E-state index in [9.17, 15) is 9.59 Å². The summed E-state index contributed by atoms with van der Waals surface area (Å²) in [5.41, 5.74) is 5.09. The molecule has 1 aromatic heterocycles. The Bertz CT molecular complexity index is 1280. The Balaban J connectivity index is 1.14. The fourth-order valence-corrected chi connectivity index (χ4v) is 5.55. The lowest BCUT2D eigenvalue weighted by Crippen LogP contribution is -2.46. The first-order chi connectivity index (χ1) is 17.6. The van der Waals surface area contributed by atoms with Gasteiger partial charge < -0.3 is 9.64 Å². The van der Waals surface area contributed by atoms with E-state index in [1.165, 1.54) is 4.90 Å². The zero-order valence-electron chi connectivity index (χ0n) is 20.0. The molecule has 0 bridgehead atoms. The number of piperazine rings is 1. The summed E-state index contributed by atoms with van der Waals surface area (Å²) in [4.78, 5) is 32.3. The normalized spacial score (nSPS) is 20.4. The van der Waals surface area contributed by atoms with Gasteiger partial charge in [-0.2, -0.15) is 5.10 Å². The van der Waals surface area contributed by atoms with Crippen molar-refractivity contribution < 1.29 is 14.3 Å². The van der Waals surface area contributed by atoms with Crippen molar-refractivity contribution in [2.45, 2.75) is 25.5 Å². The molecule has 1 N–H and O–H groups in total. The summed E-state index contributed by atoms with van der Waals surface area (Å²) in [5, 5.41) is 8.10. The van der Waals surface area contributed by atoms with E-state index in [1.807, 2.05) is 42.6 Å². The fourth-order valence-electron chi connectivity index (χ4n) is 5.42. The van der Waals surface area contributed by atoms with Crippen LogP contribution in [0, 0.1) is 0 Å². The number of aromatic nitrogens is 2. The Morgan fingerprint density at radius 2 is 1.83 bits per heavy atom. The number of amides is 2. The van der Waals surface area contributed by atoms with Crippen LogP contribution in [0.2, 0.25) is 5.02 Å². The van der Waals surface area contributed by atoms with Gasteiger partial charge in [0.2, 0.25) is 0 Å². The molecule has 8 nitrogen and oxygen atoms in total. The minimum absolute atomic E-state index is 0.0557. The molecule has 2 aromatic carbocycles. The molecule has 2 saturated heterocycles. The molecule has 3 aliphatic rings. The van der Waals surface area contributed by atoms with E-state index in [0.717, 1.165) is 68.1 Å². The monoisotopic (exact) mass is 505 g/mol. The van der Waals surface area contributed by atoms with Gasteiger partial charge in [-0.3, -0.25) is 24.5 Å². The Kier molecular flexibility index (Phi) is 6.25. The third kappa shape index (κ3) is 4.30. The summed E-state index contributed by atoms with van der Waals surface area (Å²) >= 11 is 6.04. The molecule has 36 heavy (non-hydrogen) atoms. The number of halogens is 1. The molecule has 4 heterocycles. The highest BCUT2D eigenvalue weighted by molar-refractivity contribution is 6.30. The van der Waals surface area contributed by atoms with Crippen molar-refractivity contribution in [1.29, 1.82) is 0 Å². The van der Waals surface area contributed by atoms with Crippen molar-refractivity contribution in [2.75, 3.05) is 44.2 Å². The standard InChI is InChI=1S/C27H28ClN5O3/c28-20-8-6-18(7-9-20)25-19(15-29-30-25)16-31-10-12-32(13-11-31)23-5-1-4-22-24(23)27(35)33(26(22)34)17-21-3-2-14-36-21/h1,4-9,15,21H,2-3,10-14,16-17H2,(H,29,30)/t21-/m1/s1. The van der Waals surface area contributed by atoms with Gasteiger partial charge in [0.05, 0.1) is 41.4 Å². The van der Waals surface area contributed by atoms with Crippen molar-refractivity contribution in [3.63, 3.8) is 0 Å². The number of rotatable bonds is 6. The SMILES string of the molecule is O=C1c2cccc(N3CCN(Cc4cn[nH]c4-c4ccc(Cl)cc4)CC3)c2C(=O)N1C[C@H]1CCCO1. The van der Waals surface area contributed by atoms with Gasteiger partial charge in [-0.25, -0.2) is 0 Å². The van der Waals surface area contributed by atoms with E-state index in [1.54, 1.807) is 6.07 Å². The lowest BCUT2D eigenvalue weighted by Gasteiger charge is -2.36. The molecule has 3 aromatic rings. The first-order valence-corrected chi connectivity index (χ1v) is 12.8. The summed E-state index contributed by atoms with van der Waals surface area (Å²) in [6, 6.07) is 13.4. The summed E-state index contributed by atoms with van der Waals surface area (Å²) in [6.45, 7) is 5.05. The Labute approximate surface area is 214 Å². The number of hydrogen-bond donors (Lipinski definition) is 1. The summed E-state index contributed by atoms with van der Waals surface area (Å²) in [6.07, 6.45) is 3.69. The molecule has 9 heteroatoms. The van der Waals surface area contributed by atoms with Crippen molar-refractivity contribution in [3.8, 4) is 11.3 Å². The number of carbonyl (C=O) groups excluding carboxylic acids is 2. The average molecular weight is 506 g/mol. The highest BCUT2D eigenvalue weighted by Gasteiger charge is 2.40. The highest BCUT2D eigenvalue weighted by atomic mass is 35.5. The van der Waals surface area contributed by atoms with Gasteiger partial charge in [-0.05, 0) is 42.7 Å². The van der Waals surface area contributed by atoms with Gasteiger partial charge in [-0.15, -0.1) is 0 Å². The van der Waals surface area contributed by atoms with E-state index in [0.29, 0.717) is 29.3 Å². The van der Waals surface area contributed by atoms with Crippen molar-refractivity contribution >= 4 is 29.1 Å². The maximum atomic E-state index is 13.3. The molecular weight excluding hydrogens is 478 g/mol. The summed E-state index contributed by atoms with van der Waals surface area (Å²) in [7, 11) is 0. The number of imide groups is 1. The first-order valence-electron chi connectivity index (χ1n) is 12.4. The van der Waals surface area contributed by atoms with Gasteiger partial charge >= 0.3 is 0 Å². The van der Waals surface area contributed by atoms with Crippen LogP contribution in [0.15, 0.2) is 48.7 Å². The first kappa shape index (κ1) is 23.2. The Morgan fingerprint density at radius 3 is 2.58 bits per heavy atom. The summed E-state index contributed by atoms with van der Waals surface area (Å²) < 4.78 is 5.68. The third-order valence-corrected chi connectivity index (χ3v) is 7.60. The molecule has 6 rings (SSSR count). The molecule has 0 spiro atoms. The second-order valence-corrected chi connectivity index (χ2v) is 10.0. The molecule has 2 fully saturated rings. The molecule has 0 saturated carbocycles. The van der Waals surface area contributed by atoms with Crippen LogP contribution in [0.25, 0.3) is 11.3 Å². The maximum Gasteiger partial charge on any atom is 0.263 e. The number of H-pyrrole nitrogens is 1. The number of fused-ring (bicyclic) bond motifs is 1. The molecule has 1 atom stereocenters. The second-order valence-electron chi connectivity index (χ2n) is 9.60. The van der Waals surface area contributed by atoms with Crippen molar-refractivity contribution in [3.05, 3.63) is 70.4 Å². The smallest absolute Gasteiger partial charge is 0.263 e. The molecule has 3 aliphatic heterocycles. The number of nitrogens with one attached hydrogen (secondary N) is 1. The largest absolute Gasteiger partial charge is 0.376 e. The lowest BCUT2D eigenvalue weighted by molar-refractivity contribution is 0.0475. The van der Waals surface area contributed by atoms with Crippen LogP contribution < -0.4 is 4.90 Å². The molecule has 2 amide bonds. The molecule has 0 unspecified atom stereocenters. The zero-order chi connectivity index (χ0) is 24.6. The van der Waals surface area contributed by atoms with Gasteiger partial charge in [0, 0.05) is 49.9 Å². The number of anilines is 1. The number of nitrogens with zero attached hydrogens (tertiary/aromatic N) is 4. The number of aromatic amines is 1. The van der Waals surface area contributed by atoms with Crippen molar-refractivity contribution in [1.82, 2.24) is 20.0 Å². The van der Waals surface area contributed by atoms with Crippen LogP contribution in [0.4, 0.5) is 5.69 Å². The van der Waals surface area contributed by atoms with E-state index in [-0.39, 0.29) is 17.9 Å². The topological polar surface area (TPSA) is 81.8 Å². The van der Waals surface area contributed by atoms with E-state index >= 15 is 0 Å². The van der Waals surface area contributed by atoms with Crippen LogP contribution in [0.3, 0.4) is 0 Å². The fraction of sp³-hybridized carbons (Fsp3) is 0.370. The predicted molar refractivity (Wildman–Crippen MR) is 137 cm³/mol. The second kappa shape index (κ2) is 9.69. The predicted octanol–water partition coefficient (Wildman–Crippen LogP) is 3.83. The number of carbonyl (C=O) groups is 2. The average Bonchev–Trinajstić information content (AvgIpc) is 3.64. The maximum absolute atomic E-state index is 13.3. The zero-order valence-corrected chi connectivity index (χ0v) is 20.7. The minimum atomic E-state index is -0.208. The molecule has 0 aliphatic carbocycles. The lowest BCUT2D eigenvalue weighted by atomic mass is 10.1. The van der Waals surface area contributed by atoms with Gasteiger partial charge in [0.25, 0.3) is 11.8 Å². The van der Waals surface area contributed by atoms with Crippen LogP contribution in [0.1, 0.15) is 39.1 Å². The third-order valence-electron chi connectivity index (χ3n) is 7.34. The molecular formula is C27H28ClN5O3. The molecule has 186 valence electrons. The number of hydrogen-bond acceptors (Lipinski definition) is 6. The number of ether oxygens (including phenoxy) is 1.